The van der Waals surface area contributed by atoms with Crippen LogP contribution >= 0.6 is 0 Å². The first kappa shape index (κ1) is 11.3. The molecule has 2 saturated heterocycles. The van der Waals surface area contributed by atoms with Gasteiger partial charge < -0.3 is 19.5 Å². The molecule has 15 heavy (non-hydrogen) atoms. The van der Waals surface area contributed by atoms with Gasteiger partial charge in [0.25, 0.3) is 0 Å². The lowest BCUT2D eigenvalue weighted by atomic mass is 9.99. The zero-order valence-electron chi connectivity index (χ0n) is 9.61. The summed E-state index contributed by atoms with van der Waals surface area (Å²) in [5.41, 5.74) is 0. The van der Waals surface area contributed by atoms with Crippen LogP contribution in [0.4, 0.5) is 0 Å². The van der Waals surface area contributed by atoms with Crippen LogP contribution < -0.4 is 0 Å². The molecule has 2 heterocycles. The molecule has 88 valence electrons. The largest absolute Gasteiger partial charge is 0.394 e. The zero-order chi connectivity index (χ0) is 10.9. The molecule has 0 spiro atoms. The van der Waals surface area contributed by atoms with Crippen molar-refractivity contribution in [3.05, 3.63) is 0 Å². The third kappa shape index (κ3) is 2.69. The summed E-state index contributed by atoms with van der Waals surface area (Å²) in [7, 11) is 2.15. The van der Waals surface area contributed by atoms with Gasteiger partial charge >= 0.3 is 0 Å². The van der Waals surface area contributed by atoms with Crippen LogP contribution in [0.3, 0.4) is 0 Å². The summed E-state index contributed by atoms with van der Waals surface area (Å²) in [6.07, 6.45) is 2.03. The van der Waals surface area contributed by atoms with Gasteiger partial charge in [-0.3, -0.25) is 0 Å². The third-order valence-electron chi connectivity index (χ3n) is 3.34. The van der Waals surface area contributed by atoms with Crippen LogP contribution in [0.2, 0.25) is 0 Å². The fourth-order valence-electron chi connectivity index (χ4n) is 2.60. The SMILES string of the molecule is CN1CCC(CC2(C)OCC(CO)O2)C1. The maximum Gasteiger partial charge on any atom is 0.166 e. The van der Waals surface area contributed by atoms with Crippen molar-refractivity contribution in [2.75, 3.05) is 33.4 Å². The molecule has 0 aromatic rings. The van der Waals surface area contributed by atoms with Crippen molar-refractivity contribution in [1.29, 1.82) is 0 Å². The van der Waals surface area contributed by atoms with Crippen molar-refractivity contribution in [1.82, 2.24) is 4.90 Å². The molecule has 3 atom stereocenters. The van der Waals surface area contributed by atoms with Crippen molar-refractivity contribution in [2.24, 2.45) is 5.92 Å². The molecule has 2 aliphatic heterocycles. The number of aliphatic hydroxyl groups is 1. The second-order valence-corrected chi connectivity index (χ2v) is 4.99. The number of hydrogen-bond acceptors (Lipinski definition) is 4. The van der Waals surface area contributed by atoms with E-state index in [9.17, 15) is 0 Å². The normalized spacial score (nSPS) is 42.6. The lowest BCUT2D eigenvalue weighted by Gasteiger charge is -2.26. The van der Waals surface area contributed by atoms with Crippen LogP contribution in [0.15, 0.2) is 0 Å². The molecule has 0 amide bonds. The van der Waals surface area contributed by atoms with E-state index >= 15 is 0 Å². The molecule has 2 fully saturated rings. The topological polar surface area (TPSA) is 41.9 Å². The Morgan fingerprint density at radius 1 is 1.53 bits per heavy atom. The Bertz CT molecular complexity index is 224. The van der Waals surface area contributed by atoms with Crippen molar-refractivity contribution in [3.63, 3.8) is 0 Å². The fourth-order valence-corrected chi connectivity index (χ4v) is 2.60. The van der Waals surface area contributed by atoms with Crippen LogP contribution in [0.5, 0.6) is 0 Å². The lowest BCUT2D eigenvalue weighted by molar-refractivity contribution is -0.168. The molecule has 0 aromatic carbocycles. The maximum atomic E-state index is 8.99. The monoisotopic (exact) mass is 215 g/mol. The second-order valence-electron chi connectivity index (χ2n) is 4.99. The van der Waals surface area contributed by atoms with Gasteiger partial charge in [0, 0.05) is 13.0 Å². The number of likely N-dealkylation sites (tertiary alicyclic amines) is 1. The first-order valence-electron chi connectivity index (χ1n) is 5.72. The standard InChI is InChI=1S/C11H21NO3/c1-11(14-8-10(7-13)15-11)5-9-3-4-12(2)6-9/h9-10,13H,3-8H2,1-2H3. The summed E-state index contributed by atoms with van der Waals surface area (Å²) in [6, 6.07) is 0. The van der Waals surface area contributed by atoms with E-state index in [-0.39, 0.29) is 12.7 Å². The van der Waals surface area contributed by atoms with Gasteiger partial charge in [-0.25, -0.2) is 0 Å². The Balaban J connectivity index is 1.83. The molecule has 0 radical (unpaired) electrons. The minimum Gasteiger partial charge on any atom is -0.394 e. The van der Waals surface area contributed by atoms with Crippen molar-refractivity contribution in [2.45, 2.75) is 31.7 Å². The van der Waals surface area contributed by atoms with Gasteiger partial charge in [-0.15, -0.1) is 0 Å². The Hall–Kier alpha value is -0.160. The van der Waals surface area contributed by atoms with Crippen LogP contribution in [-0.2, 0) is 9.47 Å². The summed E-state index contributed by atoms with van der Waals surface area (Å²) in [6.45, 7) is 4.87. The molecular formula is C11H21NO3. The summed E-state index contributed by atoms with van der Waals surface area (Å²) in [5.74, 6) is 0.195. The van der Waals surface area contributed by atoms with Gasteiger partial charge in [0.1, 0.15) is 6.10 Å². The van der Waals surface area contributed by atoms with Gasteiger partial charge in [-0.05, 0) is 32.9 Å². The maximum absolute atomic E-state index is 8.99. The average molecular weight is 215 g/mol. The van der Waals surface area contributed by atoms with Gasteiger partial charge in [-0.1, -0.05) is 0 Å². The van der Waals surface area contributed by atoms with Crippen molar-refractivity contribution < 1.29 is 14.6 Å². The van der Waals surface area contributed by atoms with Crippen LogP contribution in [0, 0.1) is 5.92 Å². The predicted octanol–water partition coefficient (Wildman–Crippen LogP) is 0.452. The Morgan fingerprint density at radius 2 is 2.33 bits per heavy atom. The smallest absolute Gasteiger partial charge is 0.166 e. The van der Waals surface area contributed by atoms with E-state index in [4.69, 9.17) is 14.6 Å². The molecule has 0 saturated carbocycles. The van der Waals surface area contributed by atoms with Crippen molar-refractivity contribution >= 4 is 0 Å². The van der Waals surface area contributed by atoms with E-state index in [0.29, 0.717) is 12.5 Å². The quantitative estimate of drug-likeness (QED) is 0.742. The van der Waals surface area contributed by atoms with E-state index in [2.05, 4.69) is 11.9 Å². The van der Waals surface area contributed by atoms with Gasteiger partial charge in [0.05, 0.1) is 13.2 Å². The highest BCUT2D eigenvalue weighted by Gasteiger charge is 2.39. The highest BCUT2D eigenvalue weighted by Crippen LogP contribution is 2.32. The highest BCUT2D eigenvalue weighted by molar-refractivity contribution is 4.82. The van der Waals surface area contributed by atoms with E-state index < -0.39 is 5.79 Å². The molecule has 0 aromatic heterocycles. The van der Waals surface area contributed by atoms with Gasteiger partial charge in [0.15, 0.2) is 5.79 Å². The van der Waals surface area contributed by atoms with E-state index in [1.54, 1.807) is 0 Å². The molecule has 0 bridgehead atoms. The van der Waals surface area contributed by atoms with E-state index in [1.165, 1.54) is 13.0 Å². The summed E-state index contributed by atoms with van der Waals surface area (Å²) >= 11 is 0. The van der Waals surface area contributed by atoms with E-state index in [1.807, 2.05) is 6.92 Å². The first-order chi connectivity index (χ1) is 7.11. The summed E-state index contributed by atoms with van der Waals surface area (Å²) in [4.78, 5) is 2.34. The van der Waals surface area contributed by atoms with Crippen LogP contribution in [-0.4, -0.2) is 55.2 Å². The zero-order valence-corrected chi connectivity index (χ0v) is 9.61. The molecule has 3 unspecified atom stereocenters. The Labute approximate surface area is 91.2 Å². The minimum atomic E-state index is -0.469. The molecule has 0 aliphatic carbocycles. The highest BCUT2D eigenvalue weighted by atomic mass is 16.7. The molecule has 4 heteroatoms. The van der Waals surface area contributed by atoms with Crippen LogP contribution in [0.25, 0.3) is 0 Å². The molecule has 2 rings (SSSR count). The molecule has 4 nitrogen and oxygen atoms in total. The lowest BCUT2D eigenvalue weighted by Crippen LogP contribution is -2.31. The number of rotatable bonds is 3. The third-order valence-corrected chi connectivity index (χ3v) is 3.34. The van der Waals surface area contributed by atoms with Gasteiger partial charge in [0.2, 0.25) is 0 Å². The molecule has 2 aliphatic rings. The van der Waals surface area contributed by atoms with Gasteiger partial charge in [-0.2, -0.15) is 0 Å². The minimum absolute atomic E-state index is 0.0557. The fraction of sp³-hybridized carbons (Fsp3) is 1.00. The first-order valence-corrected chi connectivity index (χ1v) is 5.72. The van der Waals surface area contributed by atoms with E-state index in [0.717, 1.165) is 13.0 Å². The molecule has 1 N–H and O–H groups in total. The number of hydrogen-bond donors (Lipinski definition) is 1. The summed E-state index contributed by atoms with van der Waals surface area (Å²) in [5, 5.41) is 8.99. The van der Waals surface area contributed by atoms with Crippen molar-refractivity contribution in [3.8, 4) is 0 Å². The number of nitrogens with zero attached hydrogens (tertiary/aromatic N) is 1. The number of ether oxygens (including phenoxy) is 2. The molecular weight excluding hydrogens is 194 g/mol. The van der Waals surface area contributed by atoms with Crippen LogP contribution in [0.1, 0.15) is 19.8 Å². The number of aliphatic hydroxyl groups excluding tert-OH is 1. The summed E-state index contributed by atoms with van der Waals surface area (Å²) < 4.78 is 11.3. The Kier molecular flexibility index (Phi) is 3.30. The Morgan fingerprint density at radius 3 is 2.87 bits per heavy atom. The predicted molar refractivity (Wildman–Crippen MR) is 56.5 cm³/mol. The average Bonchev–Trinajstić information content (AvgIpc) is 2.74. The second kappa shape index (κ2) is 4.37.